The number of rotatable bonds is 4. The monoisotopic (exact) mass is 278 g/mol. The van der Waals surface area contributed by atoms with Gasteiger partial charge in [-0.2, -0.15) is 0 Å². The number of methoxy groups -OCH3 is 2. The molecular formula is C14H14O4S. The summed E-state index contributed by atoms with van der Waals surface area (Å²) in [4.78, 5) is 25.1. The Labute approximate surface area is 115 Å². The number of fused-ring (bicyclic) bond motifs is 1. The highest BCUT2D eigenvalue weighted by Crippen LogP contribution is 2.38. The Kier molecular flexibility index (Phi) is 3.95. The highest BCUT2D eigenvalue weighted by molar-refractivity contribution is 8.04. The first kappa shape index (κ1) is 13.7. The molecule has 0 aromatic heterocycles. The van der Waals surface area contributed by atoms with Crippen molar-refractivity contribution in [1.29, 1.82) is 0 Å². The lowest BCUT2D eigenvalue weighted by molar-refractivity contribution is 0.0986. The smallest absolute Gasteiger partial charge is 0.204 e. The van der Waals surface area contributed by atoms with Crippen LogP contribution in [0.15, 0.2) is 23.1 Å². The maximum Gasteiger partial charge on any atom is 0.204 e. The molecule has 0 N–H and O–H groups in total. The molecule has 100 valence electrons. The maximum atomic E-state index is 12.4. The molecule has 5 heteroatoms. The summed E-state index contributed by atoms with van der Waals surface area (Å²) >= 11 is 1.35. The van der Waals surface area contributed by atoms with E-state index in [1.807, 2.05) is 6.92 Å². The van der Waals surface area contributed by atoms with Gasteiger partial charge in [0.15, 0.2) is 5.78 Å². The fourth-order valence-electron chi connectivity index (χ4n) is 2.02. The molecule has 1 aromatic rings. The van der Waals surface area contributed by atoms with Gasteiger partial charge in [0.25, 0.3) is 0 Å². The fourth-order valence-corrected chi connectivity index (χ4v) is 2.75. The molecule has 1 aromatic carbocycles. The molecule has 0 spiro atoms. The zero-order valence-corrected chi connectivity index (χ0v) is 11.8. The summed E-state index contributed by atoms with van der Waals surface area (Å²) in [6.45, 7) is 1.93. The number of hydrogen-bond acceptors (Lipinski definition) is 5. The summed E-state index contributed by atoms with van der Waals surface area (Å²) in [6, 6.07) is 3.27. The molecule has 0 saturated carbocycles. The van der Waals surface area contributed by atoms with Gasteiger partial charge in [0, 0.05) is 6.08 Å². The standard InChI is InChI=1S/C14H14O4S/c1-4-19-11-7-8(15)12-9(17-2)5-6-10(18-3)13(12)14(11)16/h5-7H,4H2,1-3H3. The summed E-state index contributed by atoms with van der Waals surface area (Å²) < 4.78 is 10.4. The number of thioether (sulfide) groups is 1. The quantitative estimate of drug-likeness (QED) is 0.847. The molecule has 2 rings (SSSR count). The van der Waals surface area contributed by atoms with E-state index in [1.54, 1.807) is 12.1 Å². The number of carbonyl (C=O) groups excluding carboxylic acids is 2. The van der Waals surface area contributed by atoms with Crippen molar-refractivity contribution in [3.63, 3.8) is 0 Å². The molecule has 0 fully saturated rings. The van der Waals surface area contributed by atoms with Crippen molar-refractivity contribution in [2.45, 2.75) is 6.92 Å². The first-order valence-corrected chi connectivity index (χ1v) is 6.81. The molecule has 4 nitrogen and oxygen atoms in total. The van der Waals surface area contributed by atoms with Crippen LogP contribution in [0.5, 0.6) is 11.5 Å². The Bertz CT molecular complexity index is 575. The van der Waals surface area contributed by atoms with Gasteiger partial charge >= 0.3 is 0 Å². The number of Topliss-reactive ketones (excluding diaryl/α,β-unsaturated/α-hetero) is 1. The molecule has 0 aliphatic heterocycles. The van der Waals surface area contributed by atoms with E-state index in [0.29, 0.717) is 22.0 Å². The van der Waals surface area contributed by atoms with Gasteiger partial charge in [-0.15, -0.1) is 11.8 Å². The van der Waals surface area contributed by atoms with E-state index < -0.39 is 0 Å². The molecule has 19 heavy (non-hydrogen) atoms. The lowest BCUT2D eigenvalue weighted by Crippen LogP contribution is -2.18. The normalized spacial score (nSPS) is 13.9. The molecule has 0 heterocycles. The van der Waals surface area contributed by atoms with Crippen LogP contribution in [0, 0.1) is 0 Å². The summed E-state index contributed by atoms with van der Waals surface area (Å²) in [5.74, 6) is 1.12. The van der Waals surface area contributed by atoms with Crippen molar-refractivity contribution < 1.29 is 19.1 Å². The first-order chi connectivity index (χ1) is 9.13. The topological polar surface area (TPSA) is 52.6 Å². The van der Waals surface area contributed by atoms with Crippen LogP contribution in [0.2, 0.25) is 0 Å². The van der Waals surface area contributed by atoms with Crippen LogP contribution in [-0.4, -0.2) is 31.5 Å². The van der Waals surface area contributed by atoms with Gasteiger partial charge in [-0.05, 0) is 17.9 Å². The fraction of sp³-hybridized carbons (Fsp3) is 0.286. The Morgan fingerprint density at radius 1 is 1.05 bits per heavy atom. The number of benzene rings is 1. The van der Waals surface area contributed by atoms with E-state index in [2.05, 4.69) is 0 Å². The Morgan fingerprint density at radius 2 is 1.63 bits per heavy atom. The molecule has 1 aliphatic rings. The van der Waals surface area contributed by atoms with E-state index in [-0.39, 0.29) is 17.1 Å². The van der Waals surface area contributed by atoms with Crippen LogP contribution in [0.4, 0.5) is 0 Å². The van der Waals surface area contributed by atoms with Gasteiger partial charge in [-0.25, -0.2) is 0 Å². The number of ether oxygens (including phenoxy) is 2. The largest absolute Gasteiger partial charge is 0.496 e. The first-order valence-electron chi connectivity index (χ1n) is 5.82. The minimum Gasteiger partial charge on any atom is -0.496 e. The van der Waals surface area contributed by atoms with Crippen molar-refractivity contribution in [3.05, 3.63) is 34.2 Å². The summed E-state index contributed by atoms with van der Waals surface area (Å²) in [5, 5.41) is 0. The zero-order chi connectivity index (χ0) is 14.0. The van der Waals surface area contributed by atoms with E-state index >= 15 is 0 Å². The van der Waals surface area contributed by atoms with Crippen molar-refractivity contribution in [3.8, 4) is 11.5 Å². The lowest BCUT2D eigenvalue weighted by atomic mass is 9.93. The van der Waals surface area contributed by atoms with Crippen molar-refractivity contribution >= 4 is 23.3 Å². The van der Waals surface area contributed by atoms with Crippen LogP contribution in [0.25, 0.3) is 0 Å². The second-order valence-corrected chi connectivity index (χ2v) is 5.16. The van der Waals surface area contributed by atoms with Crippen LogP contribution in [0.1, 0.15) is 27.6 Å². The van der Waals surface area contributed by atoms with Crippen LogP contribution >= 0.6 is 11.8 Å². The average Bonchev–Trinajstić information content (AvgIpc) is 2.43. The van der Waals surface area contributed by atoms with Crippen LogP contribution < -0.4 is 9.47 Å². The number of allylic oxidation sites excluding steroid dienone is 2. The summed E-state index contributed by atoms with van der Waals surface area (Å²) in [6.07, 6.45) is 1.38. The van der Waals surface area contributed by atoms with E-state index in [0.717, 1.165) is 5.75 Å². The molecule has 0 radical (unpaired) electrons. The SMILES string of the molecule is CCSC1=CC(=O)c2c(OC)ccc(OC)c2C1=O. The molecular weight excluding hydrogens is 264 g/mol. The Balaban J connectivity index is 2.66. The maximum absolute atomic E-state index is 12.4. The molecule has 0 amide bonds. The van der Waals surface area contributed by atoms with Gasteiger partial charge in [-0.1, -0.05) is 6.92 Å². The third-order valence-electron chi connectivity index (χ3n) is 2.83. The number of ketones is 2. The summed E-state index contributed by atoms with van der Waals surface area (Å²) in [7, 11) is 2.95. The van der Waals surface area contributed by atoms with Crippen LogP contribution in [0.3, 0.4) is 0 Å². The lowest BCUT2D eigenvalue weighted by Gasteiger charge is -2.19. The highest BCUT2D eigenvalue weighted by Gasteiger charge is 2.31. The molecule has 0 saturated heterocycles. The predicted octanol–water partition coefficient (Wildman–Crippen LogP) is 2.72. The Hall–Kier alpha value is -1.75. The number of carbonyl (C=O) groups is 2. The van der Waals surface area contributed by atoms with Crippen molar-refractivity contribution in [2.75, 3.05) is 20.0 Å². The van der Waals surface area contributed by atoms with Crippen molar-refractivity contribution in [2.24, 2.45) is 0 Å². The predicted molar refractivity (Wildman–Crippen MR) is 74.4 cm³/mol. The highest BCUT2D eigenvalue weighted by atomic mass is 32.2. The molecule has 0 unspecified atom stereocenters. The number of hydrogen-bond donors (Lipinski definition) is 0. The van der Waals surface area contributed by atoms with Gasteiger partial charge in [0.1, 0.15) is 11.5 Å². The van der Waals surface area contributed by atoms with E-state index in [4.69, 9.17) is 9.47 Å². The van der Waals surface area contributed by atoms with Gasteiger partial charge < -0.3 is 9.47 Å². The second-order valence-electron chi connectivity index (χ2n) is 3.86. The van der Waals surface area contributed by atoms with Gasteiger partial charge in [-0.3, -0.25) is 9.59 Å². The minimum atomic E-state index is -0.221. The van der Waals surface area contributed by atoms with Crippen LogP contribution in [-0.2, 0) is 0 Å². The second kappa shape index (κ2) is 5.48. The van der Waals surface area contributed by atoms with E-state index in [1.165, 1.54) is 32.1 Å². The van der Waals surface area contributed by atoms with Gasteiger partial charge in [0.05, 0.1) is 30.3 Å². The summed E-state index contributed by atoms with van der Waals surface area (Å²) in [5.41, 5.74) is 0.581. The molecule has 0 bridgehead atoms. The van der Waals surface area contributed by atoms with Gasteiger partial charge in [0.2, 0.25) is 5.78 Å². The van der Waals surface area contributed by atoms with E-state index in [9.17, 15) is 9.59 Å². The average molecular weight is 278 g/mol. The third kappa shape index (κ3) is 2.26. The van der Waals surface area contributed by atoms with Crippen molar-refractivity contribution in [1.82, 2.24) is 0 Å². The Morgan fingerprint density at radius 3 is 2.16 bits per heavy atom. The minimum absolute atomic E-state index is 0.183. The zero-order valence-electron chi connectivity index (χ0n) is 11.0. The third-order valence-corrected chi connectivity index (χ3v) is 3.73. The molecule has 1 aliphatic carbocycles. The molecule has 0 atom stereocenters.